The molecule has 16 heavy (non-hydrogen) atoms. The van der Waals surface area contributed by atoms with Crippen molar-refractivity contribution in [3.8, 4) is 11.5 Å². The van der Waals surface area contributed by atoms with Crippen molar-refractivity contribution in [3.05, 3.63) is 23.8 Å². The molecule has 90 valence electrons. The average molecular weight is 247 g/mol. The van der Waals surface area contributed by atoms with E-state index in [1.165, 1.54) is 12.1 Å². The molecule has 0 heterocycles. The Hall–Kier alpha value is -1.31. The highest BCUT2D eigenvalue weighted by molar-refractivity contribution is 7.81. The maximum absolute atomic E-state index is 10.5. The minimum Gasteiger partial charge on any atom is -0.504 e. The van der Waals surface area contributed by atoms with Gasteiger partial charge in [-0.3, -0.25) is 4.55 Å². The van der Waals surface area contributed by atoms with Crippen molar-refractivity contribution >= 4 is 10.4 Å². The van der Waals surface area contributed by atoms with Gasteiger partial charge in [0.1, 0.15) is 0 Å². The summed E-state index contributed by atoms with van der Waals surface area (Å²) in [5, 5.41) is 9.30. The SMILES string of the molecule is CC(N)Cc1ccc(O)c(OS(=O)(=O)O)c1. The van der Waals surface area contributed by atoms with E-state index in [0.717, 1.165) is 0 Å². The van der Waals surface area contributed by atoms with E-state index in [2.05, 4.69) is 4.18 Å². The van der Waals surface area contributed by atoms with Crippen LogP contribution in [0.5, 0.6) is 11.5 Å². The third-order valence-electron chi connectivity index (χ3n) is 1.78. The minimum absolute atomic E-state index is 0.108. The Labute approximate surface area is 93.6 Å². The van der Waals surface area contributed by atoms with Crippen molar-refractivity contribution in [3.63, 3.8) is 0 Å². The molecule has 0 fully saturated rings. The predicted octanol–water partition coefficient (Wildman–Crippen LogP) is 0.463. The standard InChI is InChI=1S/C9H13NO5S/c1-6(10)4-7-2-3-8(11)9(5-7)15-16(12,13)14/h2-3,5-6,11H,4,10H2,1H3,(H,12,13,14). The molecule has 0 amide bonds. The molecule has 0 aliphatic rings. The van der Waals surface area contributed by atoms with E-state index in [-0.39, 0.29) is 17.5 Å². The van der Waals surface area contributed by atoms with E-state index in [4.69, 9.17) is 10.3 Å². The lowest BCUT2D eigenvalue weighted by Gasteiger charge is -2.08. The zero-order chi connectivity index (χ0) is 12.3. The summed E-state index contributed by atoms with van der Waals surface area (Å²) in [5.41, 5.74) is 6.27. The zero-order valence-corrected chi connectivity index (χ0v) is 9.44. The first-order valence-corrected chi connectivity index (χ1v) is 5.89. The van der Waals surface area contributed by atoms with Gasteiger partial charge in [-0.2, -0.15) is 8.42 Å². The first kappa shape index (κ1) is 12.8. The average Bonchev–Trinajstić information content (AvgIpc) is 2.07. The molecule has 0 saturated heterocycles. The van der Waals surface area contributed by atoms with Gasteiger partial charge in [-0.1, -0.05) is 6.07 Å². The van der Waals surface area contributed by atoms with Gasteiger partial charge in [-0.25, -0.2) is 0 Å². The second kappa shape index (κ2) is 4.69. The Morgan fingerprint density at radius 2 is 2.12 bits per heavy atom. The van der Waals surface area contributed by atoms with E-state index in [1.54, 1.807) is 13.0 Å². The number of hydrogen-bond donors (Lipinski definition) is 3. The largest absolute Gasteiger partial charge is 0.504 e. The lowest BCUT2D eigenvalue weighted by atomic mass is 10.1. The van der Waals surface area contributed by atoms with Crippen LogP contribution >= 0.6 is 0 Å². The second-order valence-corrected chi connectivity index (χ2v) is 4.52. The van der Waals surface area contributed by atoms with Gasteiger partial charge in [0.25, 0.3) is 0 Å². The van der Waals surface area contributed by atoms with Crippen LogP contribution in [0.4, 0.5) is 0 Å². The Morgan fingerprint density at radius 1 is 1.50 bits per heavy atom. The summed E-state index contributed by atoms with van der Waals surface area (Å²) >= 11 is 0. The van der Waals surface area contributed by atoms with Gasteiger partial charge >= 0.3 is 10.4 Å². The van der Waals surface area contributed by atoms with Crippen molar-refractivity contribution in [2.45, 2.75) is 19.4 Å². The van der Waals surface area contributed by atoms with Crippen LogP contribution < -0.4 is 9.92 Å². The highest BCUT2D eigenvalue weighted by atomic mass is 32.3. The third kappa shape index (κ3) is 4.05. The zero-order valence-electron chi connectivity index (χ0n) is 8.62. The molecule has 0 spiro atoms. The minimum atomic E-state index is -4.64. The van der Waals surface area contributed by atoms with E-state index < -0.39 is 10.4 Å². The van der Waals surface area contributed by atoms with Crippen LogP contribution in [0.2, 0.25) is 0 Å². The molecule has 0 saturated carbocycles. The number of rotatable bonds is 4. The molecule has 0 aliphatic heterocycles. The predicted molar refractivity (Wildman–Crippen MR) is 57.6 cm³/mol. The Kier molecular flexibility index (Phi) is 3.74. The summed E-state index contributed by atoms with van der Waals surface area (Å²) in [4.78, 5) is 0. The summed E-state index contributed by atoms with van der Waals surface area (Å²) in [7, 11) is -4.64. The Balaban J connectivity index is 2.99. The van der Waals surface area contributed by atoms with Crippen molar-refractivity contribution in [2.75, 3.05) is 0 Å². The Morgan fingerprint density at radius 3 is 2.62 bits per heavy atom. The maximum atomic E-state index is 10.5. The monoisotopic (exact) mass is 247 g/mol. The van der Waals surface area contributed by atoms with Crippen LogP contribution in [-0.4, -0.2) is 24.1 Å². The molecule has 1 unspecified atom stereocenters. The highest BCUT2D eigenvalue weighted by Gasteiger charge is 2.12. The van der Waals surface area contributed by atoms with Gasteiger partial charge in [0.2, 0.25) is 0 Å². The summed E-state index contributed by atoms with van der Waals surface area (Å²) in [6.07, 6.45) is 0.502. The molecule has 1 atom stereocenters. The van der Waals surface area contributed by atoms with Gasteiger partial charge in [-0.15, -0.1) is 0 Å². The topological polar surface area (TPSA) is 110 Å². The molecule has 0 aromatic heterocycles. The Bertz CT molecular complexity index is 469. The van der Waals surface area contributed by atoms with Crippen LogP contribution in [-0.2, 0) is 16.8 Å². The smallest absolute Gasteiger partial charge is 0.446 e. The third-order valence-corrected chi connectivity index (χ3v) is 2.17. The molecule has 1 rings (SSSR count). The molecule has 6 nitrogen and oxygen atoms in total. The summed E-state index contributed by atoms with van der Waals surface area (Å²) < 4.78 is 33.6. The molecular weight excluding hydrogens is 234 g/mol. The molecule has 1 aromatic carbocycles. The molecule has 0 radical (unpaired) electrons. The molecule has 1 aromatic rings. The molecule has 4 N–H and O–H groups in total. The van der Waals surface area contributed by atoms with Gasteiger partial charge in [0, 0.05) is 6.04 Å². The molecule has 0 aliphatic carbocycles. The van der Waals surface area contributed by atoms with Crippen LogP contribution in [0.15, 0.2) is 18.2 Å². The van der Waals surface area contributed by atoms with E-state index in [0.29, 0.717) is 12.0 Å². The number of benzene rings is 1. The van der Waals surface area contributed by atoms with Crippen LogP contribution in [0, 0.1) is 0 Å². The molecule has 7 heteroatoms. The van der Waals surface area contributed by atoms with Crippen molar-refractivity contribution < 1.29 is 22.3 Å². The first-order valence-electron chi connectivity index (χ1n) is 4.52. The number of aromatic hydroxyl groups is 1. The van der Waals surface area contributed by atoms with Crippen LogP contribution in [0.3, 0.4) is 0 Å². The van der Waals surface area contributed by atoms with E-state index in [9.17, 15) is 13.5 Å². The van der Waals surface area contributed by atoms with Crippen LogP contribution in [0.1, 0.15) is 12.5 Å². The van der Waals surface area contributed by atoms with Crippen molar-refractivity contribution in [1.82, 2.24) is 0 Å². The van der Waals surface area contributed by atoms with Gasteiger partial charge < -0.3 is 15.0 Å². The summed E-state index contributed by atoms with van der Waals surface area (Å²) in [5.74, 6) is -0.688. The van der Waals surface area contributed by atoms with Crippen LogP contribution in [0.25, 0.3) is 0 Å². The quantitative estimate of drug-likeness (QED) is 0.667. The fourth-order valence-electron chi connectivity index (χ4n) is 1.24. The molecule has 0 bridgehead atoms. The fraction of sp³-hybridized carbons (Fsp3) is 0.333. The van der Waals surface area contributed by atoms with Crippen molar-refractivity contribution in [1.29, 1.82) is 0 Å². The second-order valence-electron chi connectivity index (χ2n) is 3.49. The summed E-state index contributed by atoms with van der Waals surface area (Å²) in [6, 6.07) is 4.07. The van der Waals surface area contributed by atoms with Gasteiger partial charge in [0.15, 0.2) is 11.5 Å². The lowest BCUT2D eigenvalue weighted by molar-refractivity contribution is 0.370. The normalized spacial score (nSPS) is 13.4. The number of hydrogen-bond acceptors (Lipinski definition) is 5. The molecular formula is C9H13NO5S. The highest BCUT2D eigenvalue weighted by Crippen LogP contribution is 2.28. The maximum Gasteiger partial charge on any atom is 0.446 e. The number of phenols is 1. The number of phenolic OH excluding ortho intramolecular Hbond substituents is 1. The fourth-order valence-corrected chi connectivity index (χ4v) is 1.60. The first-order chi connectivity index (χ1) is 7.28. The van der Waals surface area contributed by atoms with Crippen molar-refractivity contribution in [2.24, 2.45) is 5.73 Å². The number of nitrogens with two attached hydrogens (primary N) is 1. The van der Waals surface area contributed by atoms with Gasteiger partial charge in [-0.05, 0) is 31.0 Å². The van der Waals surface area contributed by atoms with E-state index >= 15 is 0 Å². The lowest BCUT2D eigenvalue weighted by Crippen LogP contribution is -2.17. The summed E-state index contributed by atoms with van der Waals surface area (Å²) in [6.45, 7) is 1.79. The van der Waals surface area contributed by atoms with E-state index in [1.807, 2.05) is 0 Å². The van der Waals surface area contributed by atoms with Gasteiger partial charge in [0.05, 0.1) is 0 Å².